The van der Waals surface area contributed by atoms with Gasteiger partial charge in [-0.1, -0.05) is 42.1 Å². The number of carbonyl (C=O) groups excluding carboxylic acids is 1. The van der Waals surface area contributed by atoms with Gasteiger partial charge in [-0.15, -0.1) is 0 Å². The highest BCUT2D eigenvalue weighted by Gasteiger charge is 2.23. The van der Waals surface area contributed by atoms with Crippen LogP contribution in [0.15, 0.2) is 36.5 Å². The van der Waals surface area contributed by atoms with Gasteiger partial charge in [0.05, 0.1) is 0 Å². The number of thioether (sulfide) groups is 1. The summed E-state index contributed by atoms with van der Waals surface area (Å²) in [5.41, 5.74) is 0.920. The van der Waals surface area contributed by atoms with Gasteiger partial charge in [-0.25, -0.2) is 0 Å². The number of nitrogens with zero attached hydrogens (tertiary/aromatic N) is 2. The van der Waals surface area contributed by atoms with Crippen LogP contribution in [0.3, 0.4) is 0 Å². The van der Waals surface area contributed by atoms with Gasteiger partial charge in [-0.2, -0.15) is 4.74 Å². The van der Waals surface area contributed by atoms with E-state index in [0.717, 1.165) is 5.56 Å². The van der Waals surface area contributed by atoms with E-state index in [9.17, 15) is 10.0 Å². The van der Waals surface area contributed by atoms with Crippen molar-refractivity contribution in [2.75, 3.05) is 19.3 Å². The molecule has 20 heavy (non-hydrogen) atoms. The van der Waals surface area contributed by atoms with Gasteiger partial charge >= 0.3 is 11.0 Å². The molecule has 1 rings (SSSR count). The third-order valence-electron chi connectivity index (χ3n) is 2.83. The summed E-state index contributed by atoms with van der Waals surface area (Å²) in [5, 5.41) is 12.2. The van der Waals surface area contributed by atoms with Crippen LogP contribution < -0.4 is 0 Å². The minimum Gasteiger partial charge on any atom is -0.618 e. The number of benzene rings is 1. The highest BCUT2D eigenvalue weighted by Crippen LogP contribution is 2.06. The monoisotopic (exact) mass is 292 g/mol. The smallest absolute Gasteiger partial charge is 0.327 e. The molecule has 0 aliphatic carbocycles. The van der Waals surface area contributed by atoms with E-state index >= 15 is 0 Å². The van der Waals surface area contributed by atoms with Gasteiger partial charge in [0.1, 0.15) is 0 Å². The molecule has 0 fully saturated rings. The zero-order chi connectivity index (χ0) is 15.0. The summed E-state index contributed by atoms with van der Waals surface area (Å²) in [4.78, 5) is 13.8. The first kappa shape index (κ1) is 16.3. The van der Waals surface area contributed by atoms with E-state index in [0.29, 0.717) is 17.8 Å². The summed E-state index contributed by atoms with van der Waals surface area (Å²) in [6.07, 6.45) is 4.80. The predicted octanol–water partition coefficient (Wildman–Crippen LogP) is 2.80. The van der Waals surface area contributed by atoms with Crippen molar-refractivity contribution in [2.24, 2.45) is 0 Å². The second kappa shape index (κ2) is 8.43. The lowest BCUT2D eigenvalue weighted by atomic mass is 10.2. The van der Waals surface area contributed by atoms with Crippen LogP contribution in [0.25, 0.3) is 6.08 Å². The molecule has 0 aliphatic heterocycles. The van der Waals surface area contributed by atoms with Gasteiger partial charge in [0.15, 0.2) is 6.20 Å². The molecule has 0 spiro atoms. The zero-order valence-corrected chi connectivity index (χ0v) is 12.9. The summed E-state index contributed by atoms with van der Waals surface area (Å²) in [7, 11) is 0. The molecule has 0 saturated carbocycles. The third-order valence-corrected chi connectivity index (χ3v) is 3.57. The number of hydroxylamine groups is 1. The van der Waals surface area contributed by atoms with Crippen LogP contribution in [-0.2, 0) is 4.79 Å². The van der Waals surface area contributed by atoms with E-state index in [-0.39, 0.29) is 11.0 Å². The van der Waals surface area contributed by atoms with Crippen molar-refractivity contribution in [3.05, 3.63) is 47.3 Å². The second-order valence-electron chi connectivity index (χ2n) is 4.04. The first-order valence-electron chi connectivity index (χ1n) is 6.53. The van der Waals surface area contributed by atoms with Crippen molar-refractivity contribution >= 4 is 28.8 Å². The Balaban J connectivity index is 2.95. The fraction of sp³-hybridized carbons (Fsp3) is 0.333. The lowest BCUT2D eigenvalue weighted by molar-refractivity contribution is -0.373. The third kappa shape index (κ3) is 4.42. The Bertz CT molecular complexity index is 494. The Hall–Kier alpha value is -1.75. The number of hydrogen-bond acceptors (Lipinski definition) is 3. The Morgan fingerprint density at radius 1 is 1.30 bits per heavy atom. The fourth-order valence-electron chi connectivity index (χ4n) is 1.70. The molecule has 108 valence electrons. The second-order valence-corrected chi connectivity index (χ2v) is 4.83. The summed E-state index contributed by atoms with van der Waals surface area (Å²) in [6.45, 7) is 4.98. The van der Waals surface area contributed by atoms with Crippen LogP contribution >= 0.6 is 11.8 Å². The van der Waals surface area contributed by atoms with E-state index < -0.39 is 0 Å². The zero-order valence-electron chi connectivity index (χ0n) is 12.1. The quantitative estimate of drug-likeness (QED) is 0.282. The normalized spacial score (nSPS) is 12.3. The number of amides is 1. The molecule has 0 aromatic heterocycles. The molecule has 0 heterocycles. The number of carbonyl (C=O) groups is 1. The summed E-state index contributed by atoms with van der Waals surface area (Å²) in [5.74, 6) is -0.227. The van der Waals surface area contributed by atoms with Crippen LogP contribution in [-0.4, -0.2) is 39.9 Å². The van der Waals surface area contributed by atoms with Crippen molar-refractivity contribution in [2.45, 2.75) is 13.8 Å². The standard InChI is InChI=1S/C15H20N2O2S/c1-4-16(5-2)14(18)15(20-3)17(19)12-11-13-9-7-6-8-10-13/h6-12H,4-5H2,1-3H3/b12-11+,17-15-. The fourth-order valence-corrected chi connectivity index (χ4v) is 2.25. The van der Waals surface area contributed by atoms with Crippen LogP contribution in [0.5, 0.6) is 0 Å². The minimum absolute atomic E-state index is 0.181. The Kier molecular flexibility index (Phi) is 6.87. The molecular formula is C15H20N2O2S. The summed E-state index contributed by atoms with van der Waals surface area (Å²) in [6, 6.07) is 9.50. The highest BCUT2D eigenvalue weighted by atomic mass is 32.2. The first-order chi connectivity index (χ1) is 9.63. The summed E-state index contributed by atoms with van der Waals surface area (Å²) >= 11 is 1.17. The molecule has 0 saturated heterocycles. The van der Waals surface area contributed by atoms with Crippen molar-refractivity contribution in [1.29, 1.82) is 0 Å². The topological polar surface area (TPSA) is 46.4 Å². The van der Waals surface area contributed by atoms with Gasteiger partial charge < -0.3 is 10.1 Å². The lowest BCUT2D eigenvalue weighted by Gasteiger charge is -2.17. The molecular weight excluding hydrogens is 272 g/mol. The molecule has 0 aliphatic rings. The van der Waals surface area contributed by atoms with Crippen molar-refractivity contribution in [3.63, 3.8) is 0 Å². The molecule has 0 unspecified atom stereocenters. The molecule has 0 N–H and O–H groups in total. The number of hydrogen-bond donors (Lipinski definition) is 0. The van der Waals surface area contributed by atoms with E-state index in [2.05, 4.69) is 0 Å². The predicted molar refractivity (Wildman–Crippen MR) is 85.6 cm³/mol. The Labute approximate surface area is 124 Å². The largest absolute Gasteiger partial charge is 0.618 e. The van der Waals surface area contributed by atoms with E-state index in [1.165, 1.54) is 18.0 Å². The number of rotatable bonds is 4. The highest BCUT2D eigenvalue weighted by molar-refractivity contribution is 8.14. The molecule has 0 bridgehead atoms. The molecule has 4 nitrogen and oxygen atoms in total. The van der Waals surface area contributed by atoms with Crippen molar-refractivity contribution in [3.8, 4) is 0 Å². The van der Waals surface area contributed by atoms with Crippen molar-refractivity contribution < 1.29 is 9.53 Å². The average molecular weight is 292 g/mol. The molecule has 1 aromatic carbocycles. The maximum Gasteiger partial charge on any atom is 0.327 e. The van der Waals surface area contributed by atoms with Gasteiger partial charge in [0, 0.05) is 19.2 Å². The first-order valence-corrected chi connectivity index (χ1v) is 7.76. The molecule has 1 amide bonds. The van der Waals surface area contributed by atoms with E-state index in [1.54, 1.807) is 17.2 Å². The van der Waals surface area contributed by atoms with Crippen LogP contribution in [0.1, 0.15) is 19.4 Å². The Morgan fingerprint density at radius 3 is 2.40 bits per heavy atom. The van der Waals surface area contributed by atoms with Gasteiger partial charge in [-0.3, -0.25) is 4.79 Å². The SMILES string of the molecule is CCN(CC)C(=O)/C(SC)=[N+]([O-])\C=C\c1ccccc1. The maximum absolute atomic E-state index is 12.2. The van der Waals surface area contributed by atoms with Gasteiger partial charge in [0.2, 0.25) is 0 Å². The van der Waals surface area contributed by atoms with Crippen LogP contribution in [0, 0.1) is 5.21 Å². The van der Waals surface area contributed by atoms with E-state index in [4.69, 9.17) is 0 Å². The molecule has 0 radical (unpaired) electrons. The molecule has 1 aromatic rings. The Morgan fingerprint density at radius 2 is 1.90 bits per heavy atom. The van der Waals surface area contributed by atoms with E-state index in [1.807, 2.05) is 44.2 Å². The van der Waals surface area contributed by atoms with Gasteiger partial charge in [0.25, 0.3) is 0 Å². The maximum atomic E-state index is 12.2. The minimum atomic E-state index is -0.227. The molecule has 0 atom stereocenters. The van der Waals surface area contributed by atoms with Crippen molar-refractivity contribution in [1.82, 2.24) is 4.90 Å². The van der Waals surface area contributed by atoms with Gasteiger partial charge in [-0.05, 0) is 25.7 Å². The average Bonchev–Trinajstić information content (AvgIpc) is 2.48. The van der Waals surface area contributed by atoms with Crippen LogP contribution in [0.2, 0.25) is 0 Å². The summed E-state index contributed by atoms with van der Waals surface area (Å²) < 4.78 is 0.637. The van der Waals surface area contributed by atoms with Crippen LogP contribution in [0.4, 0.5) is 0 Å². The molecule has 5 heteroatoms. The lowest BCUT2D eigenvalue weighted by Crippen LogP contribution is -2.37.